The Hall–Kier alpha value is -1.27. The van der Waals surface area contributed by atoms with Gasteiger partial charge < -0.3 is 10.3 Å². The molecule has 3 nitrogen and oxygen atoms in total. The molecule has 0 saturated heterocycles. The van der Waals surface area contributed by atoms with Crippen LogP contribution >= 0.6 is 0 Å². The Balaban J connectivity index is 1.94. The number of hydrogen-bond acceptors (Lipinski definition) is 2. The maximum atomic E-state index is 8.29. The fraction of sp³-hybridized carbons (Fsp3) is 0.500. The van der Waals surface area contributed by atoms with Crippen LogP contribution in [0.4, 0.5) is 0 Å². The van der Waals surface area contributed by atoms with Crippen molar-refractivity contribution in [1.29, 1.82) is 5.26 Å². The third kappa shape index (κ3) is 4.34. The Morgan fingerprint density at radius 2 is 2.38 bits per heavy atom. The van der Waals surface area contributed by atoms with Crippen LogP contribution in [0.1, 0.15) is 18.5 Å². The van der Waals surface area contributed by atoms with Crippen LogP contribution in [-0.2, 0) is 6.42 Å². The van der Waals surface area contributed by atoms with Gasteiger partial charge in [-0.2, -0.15) is 5.26 Å². The second kappa shape index (κ2) is 6.27. The highest BCUT2D eigenvalue weighted by Crippen LogP contribution is 1.93. The highest BCUT2D eigenvalue weighted by atomic mass is 14.8. The number of nitriles is 1. The third-order valence-corrected chi connectivity index (χ3v) is 1.88. The fourth-order valence-corrected chi connectivity index (χ4v) is 1.16. The van der Waals surface area contributed by atoms with Gasteiger partial charge in [-0.15, -0.1) is 0 Å². The monoisotopic (exact) mass is 177 g/mol. The number of rotatable bonds is 6. The average Bonchev–Trinajstić information content (AvgIpc) is 2.63. The molecule has 0 atom stereocenters. The van der Waals surface area contributed by atoms with E-state index in [1.807, 2.05) is 12.3 Å². The lowest BCUT2D eigenvalue weighted by Crippen LogP contribution is -2.18. The van der Waals surface area contributed by atoms with Crippen molar-refractivity contribution in [3.8, 4) is 6.07 Å². The average molecular weight is 177 g/mol. The van der Waals surface area contributed by atoms with Gasteiger partial charge in [0.2, 0.25) is 0 Å². The number of hydrogen-bond donors (Lipinski definition) is 2. The molecule has 1 aromatic heterocycles. The summed E-state index contributed by atoms with van der Waals surface area (Å²) >= 11 is 0. The fourth-order valence-electron chi connectivity index (χ4n) is 1.16. The van der Waals surface area contributed by atoms with Gasteiger partial charge in [-0.1, -0.05) is 0 Å². The second-order valence-corrected chi connectivity index (χ2v) is 2.96. The minimum atomic E-state index is 0.648. The number of aromatic amines is 1. The summed E-state index contributed by atoms with van der Waals surface area (Å²) in [4.78, 5) is 3.15. The first-order chi connectivity index (χ1) is 6.43. The molecule has 1 heterocycles. The molecule has 0 unspecified atom stereocenters. The van der Waals surface area contributed by atoms with Crippen LogP contribution in [0.3, 0.4) is 0 Å². The highest BCUT2D eigenvalue weighted by molar-refractivity contribution is 5.03. The molecule has 0 radical (unpaired) electrons. The lowest BCUT2D eigenvalue weighted by molar-refractivity contribution is 0.651. The summed E-state index contributed by atoms with van der Waals surface area (Å²) in [6, 6.07) is 6.21. The Kier molecular flexibility index (Phi) is 4.73. The summed E-state index contributed by atoms with van der Waals surface area (Å²) in [6.07, 6.45) is 4.56. The molecule has 0 spiro atoms. The van der Waals surface area contributed by atoms with Crippen molar-refractivity contribution in [3.63, 3.8) is 0 Å². The van der Waals surface area contributed by atoms with E-state index in [4.69, 9.17) is 5.26 Å². The summed E-state index contributed by atoms with van der Waals surface area (Å²) < 4.78 is 0. The highest BCUT2D eigenvalue weighted by Gasteiger charge is 1.91. The van der Waals surface area contributed by atoms with E-state index in [1.54, 1.807) is 0 Å². The molecule has 0 aliphatic carbocycles. The van der Waals surface area contributed by atoms with Crippen molar-refractivity contribution < 1.29 is 0 Å². The molecule has 3 heteroatoms. The molecule has 2 N–H and O–H groups in total. The minimum Gasteiger partial charge on any atom is -0.365 e. The van der Waals surface area contributed by atoms with E-state index in [9.17, 15) is 0 Å². The molecular weight excluding hydrogens is 162 g/mol. The number of H-pyrrole nitrogens is 1. The zero-order valence-electron chi connectivity index (χ0n) is 7.71. The van der Waals surface area contributed by atoms with Gasteiger partial charge in [0.15, 0.2) is 0 Å². The van der Waals surface area contributed by atoms with E-state index >= 15 is 0 Å². The van der Waals surface area contributed by atoms with Crippen molar-refractivity contribution in [2.45, 2.75) is 19.3 Å². The van der Waals surface area contributed by atoms with Gasteiger partial charge >= 0.3 is 0 Å². The van der Waals surface area contributed by atoms with Crippen molar-refractivity contribution in [1.82, 2.24) is 10.3 Å². The molecule has 0 fully saturated rings. The van der Waals surface area contributed by atoms with E-state index in [1.165, 1.54) is 5.69 Å². The molecule has 70 valence electrons. The van der Waals surface area contributed by atoms with Gasteiger partial charge in [0.1, 0.15) is 0 Å². The molecule has 1 rings (SSSR count). The van der Waals surface area contributed by atoms with Crippen molar-refractivity contribution in [2.75, 3.05) is 13.1 Å². The standard InChI is InChI=1S/C10H15N3/c11-6-1-2-7-12-9-5-10-4-3-8-13-10/h3-4,8,12-13H,1-2,5,7,9H2. The number of unbranched alkanes of at least 4 members (excludes halogenated alkanes) is 1. The van der Waals surface area contributed by atoms with Gasteiger partial charge in [0.05, 0.1) is 6.07 Å². The Bertz CT molecular complexity index is 246. The van der Waals surface area contributed by atoms with Crippen LogP contribution < -0.4 is 5.32 Å². The Morgan fingerprint density at radius 1 is 1.46 bits per heavy atom. The van der Waals surface area contributed by atoms with Crippen LogP contribution in [-0.4, -0.2) is 18.1 Å². The summed E-state index contributed by atoms with van der Waals surface area (Å²) in [5.41, 5.74) is 1.26. The van der Waals surface area contributed by atoms with Crippen molar-refractivity contribution in [3.05, 3.63) is 24.0 Å². The number of aromatic nitrogens is 1. The van der Waals surface area contributed by atoms with Crippen LogP contribution in [0.15, 0.2) is 18.3 Å². The molecule has 13 heavy (non-hydrogen) atoms. The lowest BCUT2D eigenvalue weighted by Gasteiger charge is -2.00. The van der Waals surface area contributed by atoms with Gasteiger partial charge in [0, 0.05) is 24.9 Å². The smallest absolute Gasteiger partial charge is 0.0622 e. The topological polar surface area (TPSA) is 51.6 Å². The van der Waals surface area contributed by atoms with Crippen LogP contribution in [0, 0.1) is 11.3 Å². The first-order valence-electron chi connectivity index (χ1n) is 4.63. The quantitative estimate of drug-likeness (QED) is 0.646. The van der Waals surface area contributed by atoms with E-state index < -0.39 is 0 Å². The maximum absolute atomic E-state index is 8.29. The van der Waals surface area contributed by atoms with E-state index in [2.05, 4.69) is 22.4 Å². The van der Waals surface area contributed by atoms with Gasteiger partial charge in [-0.3, -0.25) is 0 Å². The van der Waals surface area contributed by atoms with Gasteiger partial charge in [0.25, 0.3) is 0 Å². The normalized spacial score (nSPS) is 9.77. The number of nitrogens with zero attached hydrogens (tertiary/aromatic N) is 1. The lowest BCUT2D eigenvalue weighted by atomic mass is 10.3. The van der Waals surface area contributed by atoms with E-state index in [0.29, 0.717) is 6.42 Å². The Morgan fingerprint density at radius 3 is 3.08 bits per heavy atom. The van der Waals surface area contributed by atoms with Crippen LogP contribution in [0.5, 0.6) is 0 Å². The SMILES string of the molecule is N#CCCCNCCc1ccc[nH]1. The van der Waals surface area contributed by atoms with Crippen LogP contribution in [0.2, 0.25) is 0 Å². The predicted molar refractivity (Wildman–Crippen MR) is 52.2 cm³/mol. The van der Waals surface area contributed by atoms with Crippen molar-refractivity contribution >= 4 is 0 Å². The molecule has 1 aromatic rings. The molecule has 0 aromatic carbocycles. The number of nitrogens with one attached hydrogen (secondary N) is 2. The second-order valence-electron chi connectivity index (χ2n) is 2.96. The molecule has 0 bridgehead atoms. The summed E-state index contributed by atoms with van der Waals surface area (Å²) in [5, 5.41) is 11.6. The van der Waals surface area contributed by atoms with E-state index in [-0.39, 0.29) is 0 Å². The molecule has 0 aliphatic heterocycles. The first kappa shape index (κ1) is 9.82. The first-order valence-corrected chi connectivity index (χ1v) is 4.63. The third-order valence-electron chi connectivity index (χ3n) is 1.88. The van der Waals surface area contributed by atoms with Gasteiger partial charge in [-0.25, -0.2) is 0 Å². The summed E-state index contributed by atoms with van der Waals surface area (Å²) in [6.45, 7) is 1.92. The maximum Gasteiger partial charge on any atom is 0.0622 e. The molecule has 0 amide bonds. The Labute approximate surface area is 78.8 Å². The summed E-state index contributed by atoms with van der Waals surface area (Å²) in [5.74, 6) is 0. The largest absolute Gasteiger partial charge is 0.365 e. The molecule has 0 aliphatic rings. The molecular formula is C10H15N3. The van der Waals surface area contributed by atoms with Crippen LogP contribution in [0.25, 0.3) is 0 Å². The van der Waals surface area contributed by atoms with Crippen molar-refractivity contribution in [2.24, 2.45) is 0 Å². The molecule has 0 saturated carbocycles. The zero-order chi connectivity index (χ0) is 9.36. The van der Waals surface area contributed by atoms with Gasteiger partial charge in [-0.05, 0) is 31.5 Å². The zero-order valence-corrected chi connectivity index (χ0v) is 7.71. The van der Waals surface area contributed by atoms with E-state index in [0.717, 1.165) is 25.9 Å². The minimum absolute atomic E-state index is 0.648. The summed E-state index contributed by atoms with van der Waals surface area (Å²) in [7, 11) is 0. The predicted octanol–water partition coefficient (Wildman–Crippen LogP) is 1.45.